The molecule has 1 amide bonds. The molecule has 1 heterocycles. The first-order valence-electron chi connectivity index (χ1n) is 8.87. The average Bonchev–Trinajstić information content (AvgIpc) is 3.05. The summed E-state index contributed by atoms with van der Waals surface area (Å²) < 4.78 is 5.71. The molecule has 24 heavy (non-hydrogen) atoms. The highest BCUT2D eigenvalue weighted by molar-refractivity contribution is 6.08. The largest absolute Gasteiger partial charge is 0.464 e. The number of furan rings is 1. The lowest BCUT2D eigenvalue weighted by atomic mass is 9.94. The van der Waals surface area contributed by atoms with E-state index in [1.807, 2.05) is 30.1 Å². The van der Waals surface area contributed by atoms with Gasteiger partial charge in [0.2, 0.25) is 5.91 Å². The standard InChI is InChI=1S/C21H23NO2/c1-22(17-8-3-2-4-9-17)20(23)13-16-14-24-19-12-11-15-7-5-6-10-18(15)21(16)19/h5-7,10-12,14,17H,2-4,8-9,13H2,1H3. The topological polar surface area (TPSA) is 33.5 Å². The highest BCUT2D eigenvalue weighted by Crippen LogP contribution is 2.30. The molecular weight excluding hydrogens is 298 g/mol. The van der Waals surface area contributed by atoms with Crippen LogP contribution in [-0.4, -0.2) is 23.9 Å². The Balaban J connectivity index is 1.64. The molecule has 0 saturated heterocycles. The lowest BCUT2D eigenvalue weighted by Crippen LogP contribution is -2.39. The number of amides is 1. The van der Waals surface area contributed by atoms with Crippen molar-refractivity contribution < 1.29 is 9.21 Å². The Morgan fingerprint density at radius 2 is 1.92 bits per heavy atom. The molecule has 1 aromatic heterocycles. The summed E-state index contributed by atoms with van der Waals surface area (Å²) >= 11 is 0. The maximum atomic E-state index is 12.8. The van der Waals surface area contributed by atoms with Crippen LogP contribution in [0.5, 0.6) is 0 Å². The Hall–Kier alpha value is -2.29. The molecule has 3 aromatic rings. The fourth-order valence-corrected chi connectivity index (χ4v) is 3.96. The number of benzene rings is 2. The van der Waals surface area contributed by atoms with Crippen molar-refractivity contribution >= 4 is 27.6 Å². The number of carbonyl (C=O) groups is 1. The molecule has 0 N–H and O–H groups in total. The zero-order chi connectivity index (χ0) is 16.5. The van der Waals surface area contributed by atoms with E-state index in [0.717, 1.165) is 34.8 Å². The van der Waals surface area contributed by atoms with E-state index >= 15 is 0 Å². The molecule has 0 unspecified atom stereocenters. The minimum Gasteiger partial charge on any atom is -0.464 e. The van der Waals surface area contributed by atoms with E-state index in [1.165, 1.54) is 24.6 Å². The van der Waals surface area contributed by atoms with Crippen LogP contribution in [0.15, 0.2) is 47.1 Å². The number of fused-ring (bicyclic) bond motifs is 3. The maximum absolute atomic E-state index is 12.8. The molecule has 1 fully saturated rings. The average molecular weight is 321 g/mol. The zero-order valence-electron chi connectivity index (χ0n) is 14.1. The minimum atomic E-state index is 0.192. The molecule has 1 saturated carbocycles. The molecule has 0 radical (unpaired) electrons. The molecule has 0 spiro atoms. The third-order valence-electron chi connectivity index (χ3n) is 5.40. The first-order chi connectivity index (χ1) is 11.7. The Labute approximate surface area is 142 Å². The van der Waals surface area contributed by atoms with Crippen LogP contribution in [-0.2, 0) is 11.2 Å². The molecule has 124 valence electrons. The van der Waals surface area contributed by atoms with Crippen molar-refractivity contribution in [1.29, 1.82) is 0 Å². The molecule has 4 rings (SSSR count). The Kier molecular flexibility index (Phi) is 4.01. The molecule has 2 aromatic carbocycles. The van der Waals surface area contributed by atoms with Gasteiger partial charge in [-0.2, -0.15) is 0 Å². The predicted octanol–water partition coefficient (Wildman–Crippen LogP) is 4.92. The fourth-order valence-electron chi connectivity index (χ4n) is 3.96. The predicted molar refractivity (Wildman–Crippen MR) is 97.1 cm³/mol. The van der Waals surface area contributed by atoms with Gasteiger partial charge in [-0.15, -0.1) is 0 Å². The van der Waals surface area contributed by atoms with Gasteiger partial charge in [0.15, 0.2) is 0 Å². The monoisotopic (exact) mass is 321 g/mol. The van der Waals surface area contributed by atoms with E-state index in [4.69, 9.17) is 4.42 Å². The minimum absolute atomic E-state index is 0.192. The van der Waals surface area contributed by atoms with Crippen molar-refractivity contribution in [2.45, 2.75) is 44.6 Å². The molecule has 0 atom stereocenters. The highest BCUT2D eigenvalue weighted by atomic mass is 16.3. The molecule has 3 heteroatoms. The summed E-state index contributed by atoms with van der Waals surface area (Å²) in [7, 11) is 1.96. The van der Waals surface area contributed by atoms with Gasteiger partial charge in [-0.25, -0.2) is 0 Å². The van der Waals surface area contributed by atoms with Crippen LogP contribution in [0.4, 0.5) is 0 Å². The van der Waals surface area contributed by atoms with Crippen LogP contribution >= 0.6 is 0 Å². The summed E-state index contributed by atoms with van der Waals surface area (Å²) in [6.45, 7) is 0. The Morgan fingerprint density at radius 3 is 2.75 bits per heavy atom. The van der Waals surface area contributed by atoms with Gasteiger partial charge >= 0.3 is 0 Å². The first kappa shape index (κ1) is 15.3. The van der Waals surface area contributed by atoms with Crippen molar-refractivity contribution in [1.82, 2.24) is 4.90 Å². The molecule has 0 aliphatic heterocycles. The number of nitrogens with zero attached hydrogens (tertiary/aromatic N) is 1. The van der Waals surface area contributed by atoms with Gasteiger partial charge in [0.05, 0.1) is 12.7 Å². The number of likely N-dealkylation sites (N-methyl/N-ethyl adjacent to an activating group) is 1. The summed E-state index contributed by atoms with van der Waals surface area (Å²) in [5.74, 6) is 0.192. The zero-order valence-corrected chi connectivity index (χ0v) is 14.1. The van der Waals surface area contributed by atoms with Crippen molar-refractivity contribution in [2.75, 3.05) is 7.05 Å². The summed E-state index contributed by atoms with van der Waals surface area (Å²) in [5, 5.41) is 3.42. The third kappa shape index (κ3) is 2.68. The van der Waals surface area contributed by atoms with Crippen LogP contribution in [0.3, 0.4) is 0 Å². The Morgan fingerprint density at radius 1 is 1.12 bits per heavy atom. The molecule has 1 aliphatic rings. The van der Waals surface area contributed by atoms with Gasteiger partial charge < -0.3 is 9.32 Å². The van der Waals surface area contributed by atoms with Crippen molar-refractivity contribution in [3.63, 3.8) is 0 Å². The van der Waals surface area contributed by atoms with E-state index in [9.17, 15) is 4.79 Å². The van der Waals surface area contributed by atoms with Gasteiger partial charge in [-0.1, -0.05) is 49.6 Å². The second-order valence-corrected chi connectivity index (χ2v) is 6.89. The maximum Gasteiger partial charge on any atom is 0.227 e. The van der Waals surface area contributed by atoms with Crippen molar-refractivity contribution in [3.05, 3.63) is 48.2 Å². The number of hydrogen-bond acceptors (Lipinski definition) is 2. The molecule has 1 aliphatic carbocycles. The quantitative estimate of drug-likeness (QED) is 0.686. The van der Waals surface area contributed by atoms with Gasteiger partial charge in [-0.3, -0.25) is 4.79 Å². The Bertz CT molecular complexity index is 874. The lowest BCUT2D eigenvalue weighted by molar-refractivity contribution is -0.131. The van der Waals surface area contributed by atoms with Crippen LogP contribution in [0.25, 0.3) is 21.7 Å². The first-order valence-corrected chi connectivity index (χ1v) is 8.87. The number of carbonyl (C=O) groups excluding carboxylic acids is 1. The summed E-state index contributed by atoms with van der Waals surface area (Å²) in [6.07, 6.45) is 8.21. The highest BCUT2D eigenvalue weighted by Gasteiger charge is 2.23. The molecular formula is C21H23NO2. The van der Waals surface area contributed by atoms with E-state index in [0.29, 0.717) is 12.5 Å². The summed E-state index contributed by atoms with van der Waals surface area (Å²) in [4.78, 5) is 14.7. The van der Waals surface area contributed by atoms with E-state index in [2.05, 4.69) is 18.2 Å². The normalized spacial score (nSPS) is 15.9. The smallest absolute Gasteiger partial charge is 0.227 e. The molecule has 3 nitrogen and oxygen atoms in total. The van der Waals surface area contributed by atoms with Crippen molar-refractivity contribution in [2.24, 2.45) is 0 Å². The molecule has 0 bridgehead atoms. The van der Waals surface area contributed by atoms with Crippen LogP contribution in [0, 0.1) is 0 Å². The second kappa shape index (κ2) is 6.31. The summed E-state index contributed by atoms with van der Waals surface area (Å²) in [5.41, 5.74) is 1.85. The van der Waals surface area contributed by atoms with Gasteiger partial charge in [0, 0.05) is 24.0 Å². The van der Waals surface area contributed by atoms with E-state index < -0.39 is 0 Å². The van der Waals surface area contributed by atoms with Crippen LogP contribution < -0.4 is 0 Å². The van der Waals surface area contributed by atoms with Crippen LogP contribution in [0.1, 0.15) is 37.7 Å². The van der Waals surface area contributed by atoms with Crippen molar-refractivity contribution in [3.8, 4) is 0 Å². The van der Waals surface area contributed by atoms with E-state index in [1.54, 1.807) is 6.26 Å². The van der Waals surface area contributed by atoms with E-state index in [-0.39, 0.29) is 5.91 Å². The van der Waals surface area contributed by atoms with Gasteiger partial charge in [0.25, 0.3) is 0 Å². The SMILES string of the molecule is CN(C(=O)Cc1coc2ccc3ccccc3c12)C1CCCCC1. The number of rotatable bonds is 3. The van der Waals surface area contributed by atoms with Gasteiger partial charge in [-0.05, 0) is 29.7 Å². The van der Waals surface area contributed by atoms with Crippen LogP contribution in [0.2, 0.25) is 0 Å². The second-order valence-electron chi connectivity index (χ2n) is 6.89. The lowest BCUT2D eigenvalue weighted by Gasteiger charge is -2.31. The third-order valence-corrected chi connectivity index (χ3v) is 5.40. The van der Waals surface area contributed by atoms with Gasteiger partial charge in [0.1, 0.15) is 5.58 Å². The fraction of sp³-hybridized carbons (Fsp3) is 0.381. The number of hydrogen-bond donors (Lipinski definition) is 0. The summed E-state index contributed by atoms with van der Waals surface area (Å²) in [6, 6.07) is 12.7.